The molecule has 1 N–H and O–H groups in total. The highest BCUT2D eigenvalue weighted by atomic mass is 14.6. The topological polar surface area (TPSA) is 36.2 Å². The minimum absolute atomic E-state index is 0.959. The summed E-state index contributed by atoms with van der Waals surface area (Å²) in [6, 6.07) is 0. The number of aliphatic imine (C=N–C) groups is 1. The van der Waals surface area contributed by atoms with E-state index in [9.17, 15) is 0 Å². The van der Waals surface area contributed by atoms with Crippen LogP contribution in [0.5, 0.6) is 0 Å². The molecule has 0 atom stereocenters. The van der Waals surface area contributed by atoms with Gasteiger partial charge in [0.2, 0.25) is 0 Å². The van der Waals surface area contributed by atoms with Gasteiger partial charge in [0.05, 0.1) is 0 Å². The maximum atomic E-state index is 6.87. The monoisotopic (exact) mass is 124 g/mol. The third-order valence-corrected chi connectivity index (χ3v) is 1.16. The average Bonchev–Trinajstić information content (AvgIpc) is 1.87. The molecule has 9 heavy (non-hydrogen) atoms. The summed E-state index contributed by atoms with van der Waals surface area (Å²) in [4.78, 5) is 3.82. The molecule has 0 saturated heterocycles. The Kier molecular flexibility index (Phi) is 3.60. The van der Waals surface area contributed by atoms with Gasteiger partial charge in [-0.05, 0) is 25.0 Å². The number of rotatable bonds is 2. The van der Waals surface area contributed by atoms with Crippen molar-refractivity contribution in [3.63, 3.8) is 0 Å². The Morgan fingerprint density at radius 1 is 1.33 bits per heavy atom. The van der Waals surface area contributed by atoms with Crippen molar-refractivity contribution in [2.75, 3.05) is 7.05 Å². The van der Waals surface area contributed by atoms with Gasteiger partial charge in [-0.1, -0.05) is 0 Å². The second-order valence-electron chi connectivity index (χ2n) is 1.90. The second kappa shape index (κ2) is 4.01. The molecule has 0 aliphatic rings. The van der Waals surface area contributed by atoms with Crippen molar-refractivity contribution >= 4 is 12.4 Å². The van der Waals surface area contributed by atoms with E-state index in [0.29, 0.717) is 0 Å². The van der Waals surface area contributed by atoms with E-state index in [1.807, 2.05) is 13.8 Å². The largest absolute Gasteiger partial charge is 0.308 e. The second-order valence-corrected chi connectivity index (χ2v) is 1.90. The summed E-state index contributed by atoms with van der Waals surface area (Å²) in [6.07, 6.45) is 3.08. The Labute approximate surface area is 55.8 Å². The van der Waals surface area contributed by atoms with Crippen molar-refractivity contribution in [3.05, 3.63) is 11.1 Å². The van der Waals surface area contributed by atoms with E-state index in [1.165, 1.54) is 6.21 Å². The summed E-state index contributed by atoms with van der Waals surface area (Å²) in [5, 5.41) is 6.87. The van der Waals surface area contributed by atoms with Crippen LogP contribution in [0.3, 0.4) is 0 Å². The Morgan fingerprint density at radius 3 is 2.22 bits per heavy atom. The van der Waals surface area contributed by atoms with Crippen molar-refractivity contribution < 1.29 is 0 Å². The average molecular weight is 124 g/mol. The molecule has 0 fully saturated rings. The molecule has 0 radical (unpaired) electrons. The lowest BCUT2D eigenvalue weighted by Gasteiger charge is -1.91. The third kappa shape index (κ3) is 2.80. The summed E-state index contributed by atoms with van der Waals surface area (Å²) in [7, 11) is 1.72. The van der Waals surface area contributed by atoms with Crippen LogP contribution < -0.4 is 0 Å². The van der Waals surface area contributed by atoms with Gasteiger partial charge in [0.1, 0.15) is 0 Å². The smallest absolute Gasteiger partial charge is 0.0277 e. The van der Waals surface area contributed by atoms with Crippen molar-refractivity contribution in [2.24, 2.45) is 4.99 Å². The van der Waals surface area contributed by atoms with Gasteiger partial charge in [-0.2, -0.15) is 0 Å². The van der Waals surface area contributed by atoms with Gasteiger partial charge in [-0.3, -0.25) is 4.99 Å². The van der Waals surface area contributed by atoms with Crippen LogP contribution in [0, 0.1) is 5.41 Å². The number of hydrogen-bond acceptors (Lipinski definition) is 2. The van der Waals surface area contributed by atoms with Crippen LogP contribution in [0.4, 0.5) is 0 Å². The summed E-state index contributed by atoms with van der Waals surface area (Å²) < 4.78 is 0. The molecule has 50 valence electrons. The Bertz CT molecular complexity index is 154. The van der Waals surface area contributed by atoms with E-state index in [1.54, 1.807) is 13.3 Å². The number of nitrogens with one attached hydrogen (secondary N) is 1. The zero-order valence-electron chi connectivity index (χ0n) is 6.10. The minimum atomic E-state index is 0.959. The first kappa shape index (κ1) is 8.08. The molecular formula is C7H12N2. The van der Waals surface area contributed by atoms with Crippen molar-refractivity contribution in [1.29, 1.82) is 5.41 Å². The molecule has 0 aromatic carbocycles. The molecule has 0 aliphatic heterocycles. The van der Waals surface area contributed by atoms with Crippen LogP contribution in [0.25, 0.3) is 0 Å². The highest BCUT2D eigenvalue weighted by molar-refractivity contribution is 5.88. The molecule has 0 aromatic heterocycles. The molecule has 0 amide bonds. The summed E-state index contributed by atoms with van der Waals surface area (Å²) in [6.45, 7) is 3.83. The zero-order valence-corrected chi connectivity index (χ0v) is 6.10. The lowest BCUT2D eigenvalue weighted by atomic mass is 10.2. The van der Waals surface area contributed by atoms with E-state index < -0.39 is 0 Å². The van der Waals surface area contributed by atoms with Crippen molar-refractivity contribution in [3.8, 4) is 0 Å². The summed E-state index contributed by atoms with van der Waals surface area (Å²) in [5.74, 6) is 0. The molecule has 0 rings (SSSR count). The van der Waals surface area contributed by atoms with Gasteiger partial charge < -0.3 is 5.41 Å². The number of allylic oxidation sites excluding steroid dienone is 2. The molecule has 0 bridgehead atoms. The predicted molar refractivity (Wildman–Crippen MR) is 41.6 cm³/mol. The molecule has 0 heterocycles. The Hall–Kier alpha value is -0.920. The van der Waals surface area contributed by atoms with Crippen LogP contribution >= 0.6 is 0 Å². The van der Waals surface area contributed by atoms with Crippen LogP contribution in [0.15, 0.2) is 16.1 Å². The summed E-state index contributed by atoms with van der Waals surface area (Å²) >= 11 is 0. The Morgan fingerprint density at radius 2 is 1.89 bits per heavy atom. The Balaban J connectivity index is 4.27. The van der Waals surface area contributed by atoms with E-state index in [-0.39, 0.29) is 0 Å². The third-order valence-electron chi connectivity index (χ3n) is 1.16. The van der Waals surface area contributed by atoms with E-state index in [0.717, 1.165) is 11.1 Å². The van der Waals surface area contributed by atoms with Crippen LogP contribution in [-0.4, -0.2) is 19.5 Å². The molecule has 0 aliphatic carbocycles. The fourth-order valence-corrected chi connectivity index (χ4v) is 0.409. The lowest BCUT2D eigenvalue weighted by Crippen LogP contribution is -1.85. The normalized spacial score (nSPS) is 13.7. The fraction of sp³-hybridized carbons (Fsp3) is 0.429. The zero-order chi connectivity index (χ0) is 7.28. The van der Waals surface area contributed by atoms with E-state index >= 15 is 0 Å². The van der Waals surface area contributed by atoms with E-state index in [4.69, 9.17) is 5.41 Å². The van der Waals surface area contributed by atoms with E-state index in [2.05, 4.69) is 4.99 Å². The molecule has 0 spiro atoms. The first-order valence-corrected chi connectivity index (χ1v) is 2.82. The highest BCUT2D eigenvalue weighted by Gasteiger charge is 1.85. The molecular weight excluding hydrogens is 112 g/mol. The van der Waals surface area contributed by atoms with Gasteiger partial charge in [-0.15, -0.1) is 0 Å². The molecule has 0 aromatic rings. The van der Waals surface area contributed by atoms with Gasteiger partial charge in [0.15, 0.2) is 0 Å². The lowest BCUT2D eigenvalue weighted by molar-refractivity contribution is 1.40. The maximum Gasteiger partial charge on any atom is 0.0277 e. The van der Waals surface area contributed by atoms with Gasteiger partial charge in [-0.25, -0.2) is 0 Å². The minimum Gasteiger partial charge on any atom is -0.308 e. The first-order valence-electron chi connectivity index (χ1n) is 2.82. The standard InChI is InChI=1S/C7H12N2/c1-6(4-8)7(2)5-9-3/h4-5,8H,1-3H3/b7-6-,8-4?,9-5-. The van der Waals surface area contributed by atoms with Crippen LogP contribution in [-0.2, 0) is 0 Å². The fourth-order valence-electron chi connectivity index (χ4n) is 0.409. The summed E-state index contributed by atoms with van der Waals surface area (Å²) in [5.41, 5.74) is 2.01. The predicted octanol–water partition coefficient (Wildman–Crippen LogP) is 1.67. The first-order chi connectivity index (χ1) is 4.22. The molecule has 2 nitrogen and oxygen atoms in total. The number of nitrogens with zero attached hydrogens (tertiary/aromatic N) is 1. The maximum absolute atomic E-state index is 6.87. The highest BCUT2D eigenvalue weighted by Crippen LogP contribution is 1.95. The SMILES string of the molecule is C/N=C\C(C)=C(\C)C=N. The van der Waals surface area contributed by atoms with Gasteiger partial charge in [0, 0.05) is 19.5 Å². The molecule has 0 unspecified atom stereocenters. The van der Waals surface area contributed by atoms with Crippen LogP contribution in [0.1, 0.15) is 13.8 Å². The van der Waals surface area contributed by atoms with Crippen LogP contribution in [0.2, 0.25) is 0 Å². The van der Waals surface area contributed by atoms with Gasteiger partial charge in [0.25, 0.3) is 0 Å². The van der Waals surface area contributed by atoms with Crippen molar-refractivity contribution in [2.45, 2.75) is 13.8 Å². The number of hydrogen-bond donors (Lipinski definition) is 1. The quantitative estimate of drug-likeness (QED) is 0.544. The molecule has 0 saturated carbocycles. The van der Waals surface area contributed by atoms with Crippen molar-refractivity contribution in [1.82, 2.24) is 0 Å². The molecule has 2 heteroatoms. The van der Waals surface area contributed by atoms with Gasteiger partial charge >= 0.3 is 0 Å².